The van der Waals surface area contributed by atoms with Crippen LogP contribution in [0.1, 0.15) is 19.3 Å². The average molecular weight is 261 g/mol. The van der Waals surface area contributed by atoms with Crippen molar-refractivity contribution in [3.63, 3.8) is 0 Å². The summed E-state index contributed by atoms with van der Waals surface area (Å²) in [7, 11) is 1.98. The Labute approximate surface area is 115 Å². The molecule has 0 amide bonds. The predicted octanol–water partition coefficient (Wildman–Crippen LogP) is 3.02. The smallest absolute Gasteiger partial charge is 0.161 e. The zero-order valence-corrected chi connectivity index (χ0v) is 11.6. The number of para-hydroxylation sites is 2. The van der Waals surface area contributed by atoms with Crippen LogP contribution in [0.2, 0.25) is 0 Å². The Morgan fingerprint density at radius 1 is 1.37 bits per heavy atom. The van der Waals surface area contributed by atoms with Crippen molar-refractivity contribution in [2.45, 2.75) is 25.4 Å². The van der Waals surface area contributed by atoms with Crippen LogP contribution in [0.15, 0.2) is 36.9 Å². The Hall–Kier alpha value is -1.48. The highest BCUT2D eigenvalue weighted by Gasteiger charge is 2.32. The molecule has 1 fully saturated rings. The van der Waals surface area contributed by atoms with Gasteiger partial charge in [-0.05, 0) is 50.9 Å². The Kier molecular flexibility index (Phi) is 5.28. The SMILES string of the molecule is C=CCOc1ccccc1OC(CCNC)C1CC1. The van der Waals surface area contributed by atoms with Crippen LogP contribution >= 0.6 is 0 Å². The fraction of sp³-hybridized carbons (Fsp3) is 0.500. The lowest BCUT2D eigenvalue weighted by molar-refractivity contribution is 0.160. The molecule has 0 saturated heterocycles. The second-order valence-electron chi connectivity index (χ2n) is 4.93. The highest BCUT2D eigenvalue weighted by atomic mass is 16.5. The van der Waals surface area contributed by atoms with Crippen LogP contribution in [-0.4, -0.2) is 26.3 Å². The van der Waals surface area contributed by atoms with E-state index in [1.54, 1.807) is 6.08 Å². The molecule has 1 aliphatic carbocycles. The van der Waals surface area contributed by atoms with Gasteiger partial charge in [-0.3, -0.25) is 0 Å². The molecule has 19 heavy (non-hydrogen) atoms. The third kappa shape index (κ3) is 4.28. The summed E-state index contributed by atoms with van der Waals surface area (Å²) in [6.45, 7) is 5.16. The van der Waals surface area contributed by atoms with Crippen LogP contribution in [0, 0.1) is 5.92 Å². The molecule has 1 aromatic carbocycles. The van der Waals surface area contributed by atoms with Gasteiger partial charge in [0, 0.05) is 0 Å². The van der Waals surface area contributed by atoms with Crippen molar-refractivity contribution in [1.29, 1.82) is 0 Å². The topological polar surface area (TPSA) is 30.5 Å². The zero-order chi connectivity index (χ0) is 13.5. The van der Waals surface area contributed by atoms with Crippen LogP contribution < -0.4 is 14.8 Å². The van der Waals surface area contributed by atoms with Crippen molar-refractivity contribution in [3.05, 3.63) is 36.9 Å². The van der Waals surface area contributed by atoms with Crippen LogP contribution in [0.5, 0.6) is 11.5 Å². The number of ether oxygens (including phenoxy) is 2. The molecular formula is C16H23NO2. The van der Waals surface area contributed by atoms with E-state index in [-0.39, 0.29) is 0 Å². The molecule has 3 nitrogen and oxygen atoms in total. The average Bonchev–Trinajstić information content (AvgIpc) is 3.26. The minimum absolute atomic E-state index is 0.293. The van der Waals surface area contributed by atoms with E-state index in [9.17, 15) is 0 Å². The van der Waals surface area contributed by atoms with Gasteiger partial charge in [0.1, 0.15) is 12.7 Å². The first-order valence-corrected chi connectivity index (χ1v) is 6.99. The summed E-state index contributed by atoms with van der Waals surface area (Å²) in [4.78, 5) is 0. The van der Waals surface area contributed by atoms with E-state index in [0.717, 1.165) is 24.5 Å². The molecule has 0 heterocycles. The van der Waals surface area contributed by atoms with E-state index in [2.05, 4.69) is 11.9 Å². The minimum atomic E-state index is 0.293. The molecule has 3 heteroatoms. The van der Waals surface area contributed by atoms with E-state index in [1.807, 2.05) is 31.3 Å². The Bertz CT molecular complexity index is 401. The molecule has 1 aliphatic rings. The fourth-order valence-electron chi connectivity index (χ4n) is 2.12. The molecule has 1 saturated carbocycles. The van der Waals surface area contributed by atoms with Gasteiger partial charge in [0.2, 0.25) is 0 Å². The lowest BCUT2D eigenvalue weighted by Crippen LogP contribution is -2.24. The molecule has 2 rings (SSSR count). The quantitative estimate of drug-likeness (QED) is 0.693. The van der Waals surface area contributed by atoms with Gasteiger partial charge < -0.3 is 14.8 Å². The molecule has 0 spiro atoms. The first-order valence-electron chi connectivity index (χ1n) is 6.99. The monoisotopic (exact) mass is 261 g/mol. The summed E-state index contributed by atoms with van der Waals surface area (Å²) >= 11 is 0. The maximum atomic E-state index is 6.17. The highest BCUT2D eigenvalue weighted by molar-refractivity contribution is 5.39. The fourth-order valence-corrected chi connectivity index (χ4v) is 2.12. The molecule has 0 bridgehead atoms. The maximum absolute atomic E-state index is 6.17. The lowest BCUT2D eigenvalue weighted by atomic mass is 10.1. The summed E-state index contributed by atoms with van der Waals surface area (Å²) in [5.74, 6) is 2.36. The van der Waals surface area contributed by atoms with E-state index in [1.165, 1.54) is 12.8 Å². The molecule has 104 valence electrons. The highest BCUT2D eigenvalue weighted by Crippen LogP contribution is 2.38. The van der Waals surface area contributed by atoms with E-state index < -0.39 is 0 Å². The Morgan fingerprint density at radius 2 is 2.11 bits per heavy atom. The van der Waals surface area contributed by atoms with Gasteiger partial charge in [-0.1, -0.05) is 24.8 Å². The van der Waals surface area contributed by atoms with Crippen molar-refractivity contribution in [2.24, 2.45) is 5.92 Å². The van der Waals surface area contributed by atoms with Crippen molar-refractivity contribution < 1.29 is 9.47 Å². The van der Waals surface area contributed by atoms with Crippen LogP contribution in [0.25, 0.3) is 0 Å². The molecule has 1 unspecified atom stereocenters. The lowest BCUT2D eigenvalue weighted by Gasteiger charge is -2.20. The minimum Gasteiger partial charge on any atom is -0.486 e. The normalized spacial score (nSPS) is 15.8. The summed E-state index contributed by atoms with van der Waals surface area (Å²) < 4.78 is 11.8. The molecule has 0 radical (unpaired) electrons. The summed E-state index contributed by atoms with van der Waals surface area (Å²) in [6, 6.07) is 7.87. The van der Waals surface area contributed by atoms with Crippen molar-refractivity contribution in [3.8, 4) is 11.5 Å². The van der Waals surface area contributed by atoms with Gasteiger partial charge >= 0.3 is 0 Å². The Morgan fingerprint density at radius 3 is 2.74 bits per heavy atom. The van der Waals surface area contributed by atoms with Crippen molar-refractivity contribution in [1.82, 2.24) is 5.32 Å². The molecule has 1 atom stereocenters. The van der Waals surface area contributed by atoms with E-state index in [4.69, 9.17) is 9.47 Å². The van der Waals surface area contributed by atoms with Gasteiger partial charge in [-0.15, -0.1) is 0 Å². The summed E-state index contributed by atoms with van der Waals surface area (Å²) in [5.41, 5.74) is 0. The van der Waals surface area contributed by atoms with E-state index >= 15 is 0 Å². The second-order valence-corrected chi connectivity index (χ2v) is 4.93. The van der Waals surface area contributed by atoms with Gasteiger partial charge in [0.25, 0.3) is 0 Å². The number of nitrogens with one attached hydrogen (secondary N) is 1. The first kappa shape index (κ1) is 13.9. The third-order valence-electron chi connectivity index (χ3n) is 3.31. The molecule has 0 aliphatic heterocycles. The second kappa shape index (κ2) is 7.19. The summed E-state index contributed by atoms with van der Waals surface area (Å²) in [6.07, 6.45) is 5.64. The van der Waals surface area contributed by atoms with E-state index in [0.29, 0.717) is 18.6 Å². The molecule has 0 aromatic heterocycles. The van der Waals surface area contributed by atoms with Crippen LogP contribution in [0.4, 0.5) is 0 Å². The predicted molar refractivity (Wildman–Crippen MR) is 77.8 cm³/mol. The standard InChI is InChI=1S/C16H23NO2/c1-3-12-18-15-6-4-5-7-16(15)19-14(10-11-17-2)13-8-9-13/h3-7,13-14,17H,1,8-12H2,2H3. The number of hydrogen-bond donors (Lipinski definition) is 1. The van der Waals surface area contributed by atoms with Crippen LogP contribution in [-0.2, 0) is 0 Å². The number of benzene rings is 1. The van der Waals surface area contributed by atoms with Gasteiger partial charge in [-0.2, -0.15) is 0 Å². The summed E-state index contributed by atoms with van der Waals surface area (Å²) in [5, 5.41) is 3.19. The molecule has 1 aromatic rings. The van der Waals surface area contributed by atoms with Gasteiger partial charge in [0.15, 0.2) is 11.5 Å². The van der Waals surface area contributed by atoms with Crippen molar-refractivity contribution in [2.75, 3.05) is 20.2 Å². The largest absolute Gasteiger partial charge is 0.486 e. The van der Waals surface area contributed by atoms with Gasteiger partial charge in [-0.25, -0.2) is 0 Å². The zero-order valence-electron chi connectivity index (χ0n) is 11.6. The first-order chi connectivity index (χ1) is 9.35. The Balaban J connectivity index is 2.00. The van der Waals surface area contributed by atoms with Crippen LogP contribution in [0.3, 0.4) is 0 Å². The molecule has 1 N–H and O–H groups in total. The van der Waals surface area contributed by atoms with Gasteiger partial charge in [0.05, 0.1) is 0 Å². The maximum Gasteiger partial charge on any atom is 0.161 e. The van der Waals surface area contributed by atoms with Crippen molar-refractivity contribution >= 4 is 0 Å². The number of hydrogen-bond acceptors (Lipinski definition) is 3. The number of rotatable bonds is 9. The third-order valence-corrected chi connectivity index (χ3v) is 3.31. The molecular weight excluding hydrogens is 238 g/mol.